The Bertz CT molecular complexity index is 139. The molecule has 0 aliphatic carbocycles. The zero-order chi connectivity index (χ0) is 10.8. The minimum Gasteiger partial charge on any atom is -0.481 e. The van der Waals surface area contributed by atoms with E-state index in [-0.39, 0.29) is 26.8 Å². The second-order valence-electron chi connectivity index (χ2n) is 2.59. The van der Waals surface area contributed by atoms with Crippen LogP contribution < -0.4 is 0 Å². The molecule has 0 saturated heterocycles. The van der Waals surface area contributed by atoms with Crippen molar-refractivity contribution in [1.82, 2.24) is 0 Å². The molecule has 0 atom stereocenters. The molecule has 84 valence electrons. The van der Waals surface area contributed by atoms with E-state index in [0.29, 0.717) is 0 Å². The lowest BCUT2D eigenvalue weighted by Gasteiger charge is -2.12. The summed E-state index contributed by atoms with van der Waals surface area (Å²) in [6, 6.07) is 0. The van der Waals surface area contributed by atoms with E-state index in [1.807, 2.05) is 0 Å². The molecular weight excluding hydrogens is 192 g/mol. The molecule has 0 aromatic carbocycles. The monoisotopic (exact) mass is 208 g/mol. The van der Waals surface area contributed by atoms with Gasteiger partial charge in [-0.15, -0.1) is 0 Å². The fourth-order valence-corrected chi connectivity index (χ4v) is 0.738. The number of methoxy groups -OCH3 is 2. The first kappa shape index (κ1) is 13.3. The molecule has 0 rings (SSSR count). The molecule has 0 spiro atoms. The number of hydrogen-bond acceptors (Lipinski definition) is 5. The summed E-state index contributed by atoms with van der Waals surface area (Å²) in [5.74, 6) is -1.66. The summed E-state index contributed by atoms with van der Waals surface area (Å²) >= 11 is 0. The Labute approximate surface area is 82.7 Å². The zero-order valence-corrected chi connectivity index (χ0v) is 8.39. The third kappa shape index (κ3) is 6.79. The minimum atomic E-state index is -0.961. The van der Waals surface area contributed by atoms with E-state index in [4.69, 9.17) is 14.6 Å². The van der Waals surface area contributed by atoms with Crippen molar-refractivity contribution in [3.63, 3.8) is 0 Å². The molecule has 0 radical (unpaired) electrons. The van der Waals surface area contributed by atoms with Gasteiger partial charge in [0.05, 0.1) is 13.2 Å². The summed E-state index contributed by atoms with van der Waals surface area (Å²) in [6.07, 6.45) is 0. The summed E-state index contributed by atoms with van der Waals surface area (Å²) in [4.78, 5) is 10.6. The Morgan fingerprint density at radius 2 is 1.57 bits per heavy atom. The van der Waals surface area contributed by atoms with Gasteiger partial charge in [-0.2, -0.15) is 0 Å². The highest BCUT2D eigenvalue weighted by Gasteiger charge is 2.17. The molecule has 0 unspecified atom stereocenters. The fourth-order valence-electron chi connectivity index (χ4n) is 0.738. The largest absolute Gasteiger partial charge is 0.481 e. The normalized spacial score (nSPS) is 10.8. The van der Waals surface area contributed by atoms with Gasteiger partial charge >= 0.3 is 5.97 Å². The van der Waals surface area contributed by atoms with E-state index in [9.17, 15) is 4.79 Å². The van der Waals surface area contributed by atoms with Crippen LogP contribution in [-0.4, -0.2) is 52.1 Å². The number of carbonyl (C=O) groups is 1. The van der Waals surface area contributed by atoms with E-state index in [0.717, 1.165) is 0 Å². The first-order valence-corrected chi connectivity index (χ1v) is 4.08. The lowest BCUT2D eigenvalue weighted by atomic mass is 10.2. The molecule has 0 heterocycles. The summed E-state index contributed by atoms with van der Waals surface area (Å²) < 4.78 is 19.1. The van der Waals surface area contributed by atoms with Crippen LogP contribution in [0.15, 0.2) is 0 Å². The van der Waals surface area contributed by atoms with Gasteiger partial charge in [0.15, 0.2) is 0 Å². The summed E-state index contributed by atoms with van der Waals surface area (Å²) in [6.45, 7) is 0.280. The van der Waals surface area contributed by atoms with Gasteiger partial charge in [-0.25, -0.2) is 0 Å². The molecule has 0 saturated carbocycles. The zero-order valence-electron chi connectivity index (χ0n) is 8.39. The molecule has 0 bridgehead atoms. The van der Waals surface area contributed by atoms with Crippen molar-refractivity contribution in [1.29, 1.82) is 0 Å². The standard InChI is InChI=1S/C8H16O6/c1-11-5-13-3-7(8(9)10)4-14-6-12-2/h7H,3-6H2,1-2H3,(H,9,10). The van der Waals surface area contributed by atoms with Gasteiger partial charge in [0.25, 0.3) is 0 Å². The first-order valence-electron chi connectivity index (χ1n) is 4.08. The molecule has 0 aliphatic heterocycles. The van der Waals surface area contributed by atoms with Gasteiger partial charge in [0, 0.05) is 14.2 Å². The maximum absolute atomic E-state index is 10.6. The van der Waals surface area contributed by atoms with Crippen molar-refractivity contribution >= 4 is 5.97 Å². The van der Waals surface area contributed by atoms with Crippen LogP contribution in [0, 0.1) is 5.92 Å². The van der Waals surface area contributed by atoms with E-state index in [2.05, 4.69) is 9.47 Å². The van der Waals surface area contributed by atoms with Crippen LogP contribution in [0.4, 0.5) is 0 Å². The minimum absolute atomic E-state index is 0.0624. The van der Waals surface area contributed by atoms with Gasteiger partial charge in [0.1, 0.15) is 19.5 Å². The summed E-state index contributed by atoms with van der Waals surface area (Å²) in [7, 11) is 2.94. The molecule has 0 aliphatic rings. The lowest BCUT2D eigenvalue weighted by Crippen LogP contribution is -2.25. The van der Waals surface area contributed by atoms with Crippen molar-refractivity contribution < 1.29 is 28.8 Å². The summed E-state index contributed by atoms with van der Waals surface area (Å²) in [5, 5.41) is 8.73. The predicted molar refractivity (Wildman–Crippen MR) is 46.8 cm³/mol. The third-order valence-electron chi connectivity index (χ3n) is 1.39. The van der Waals surface area contributed by atoms with Crippen LogP contribution >= 0.6 is 0 Å². The second-order valence-corrected chi connectivity index (χ2v) is 2.59. The van der Waals surface area contributed by atoms with E-state index >= 15 is 0 Å². The van der Waals surface area contributed by atoms with Crippen LogP contribution in [-0.2, 0) is 23.7 Å². The first-order chi connectivity index (χ1) is 6.72. The maximum Gasteiger partial charge on any atom is 0.311 e. The lowest BCUT2D eigenvalue weighted by molar-refractivity contribution is -0.151. The van der Waals surface area contributed by atoms with Crippen molar-refractivity contribution in [3.8, 4) is 0 Å². The summed E-state index contributed by atoms with van der Waals surface area (Å²) in [5.41, 5.74) is 0. The highest BCUT2D eigenvalue weighted by atomic mass is 16.7. The Balaban J connectivity index is 3.61. The molecule has 0 fully saturated rings. The van der Waals surface area contributed by atoms with Gasteiger partial charge in [-0.3, -0.25) is 4.79 Å². The fraction of sp³-hybridized carbons (Fsp3) is 0.875. The highest BCUT2D eigenvalue weighted by molar-refractivity contribution is 5.70. The molecule has 0 aromatic heterocycles. The van der Waals surface area contributed by atoms with Gasteiger partial charge in [-0.1, -0.05) is 0 Å². The molecule has 0 aromatic rings. The quantitative estimate of drug-likeness (QED) is 0.422. The number of rotatable bonds is 9. The average molecular weight is 208 g/mol. The third-order valence-corrected chi connectivity index (χ3v) is 1.39. The van der Waals surface area contributed by atoms with Crippen molar-refractivity contribution in [2.45, 2.75) is 0 Å². The van der Waals surface area contributed by atoms with Crippen LogP contribution in [0.1, 0.15) is 0 Å². The van der Waals surface area contributed by atoms with Crippen LogP contribution in [0.5, 0.6) is 0 Å². The smallest absolute Gasteiger partial charge is 0.311 e. The Hall–Kier alpha value is -0.690. The average Bonchev–Trinajstić information content (AvgIpc) is 2.15. The SMILES string of the molecule is COCOCC(COCOC)C(=O)O. The number of carboxylic acids is 1. The van der Waals surface area contributed by atoms with Crippen molar-refractivity contribution in [3.05, 3.63) is 0 Å². The molecule has 1 N–H and O–H groups in total. The highest BCUT2D eigenvalue weighted by Crippen LogP contribution is 1.99. The molecule has 6 nitrogen and oxygen atoms in total. The van der Waals surface area contributed by atoms with Crippen LogP contribution in [0.2, 0.25) is 0 Å². The van der Waals surface area contributed by atoms with Gasteiger partial charge in [0.2, 0.25) is 0 Å². The van der Waals surface area contributed by atoms with E-state index in [1.54, 1.807) is 0 Å². The number of hydrogen-bond donors (Lipinski definition) is 1. The number of carboxylic acid groups (broad SMARTS) is 1. The van der Waals surface area contributed by atoms with Gasteiger partial charge in [-0.05, 0) is 0 Å². The number of ether oxygens (including phenoxy) is 4. The van der Waals surface area contributed by atoms with Crippen LogP contribution in [0.25, 0.3) is 0 Å². The van der Waals surface area contributed by atoms with Gasteiger partial charge < -0.3 is 24.1 Å². The molecule has 0 amide bonds. The van der Waals surface area contributed by atoms with E-state index in [1.165, 1.54) is 14.2 Å². The van der Waals surface area contributed by atoms with E-state index < -0.39 is 11.9 Å². The molecule has 6 heteroatoms. The Kier molecular flexibility index (Phi) is 8.45. The topological polar surface area (TPSA) is 74.2 Å². The predicted octanol–water partition coefficient (Wildman–Crippen LogP) is -0.0718. The Morgan fingerprint density at radius 1 is 1.14 bits per heavy atom. The number of aliphatic carboxylic acids is 1. The Morgan fingerprint density at radius 3 is 1.86 bits per heavy atom. The van der Waals surface area contributed by atoms with Crippen molar-refractivity contribution in [2.24, 2.45) is 5.92 Å². The molecule has 14 heavy (non-hydrogen) atoms. The maximum atomic E-state index is 10.6. The molecular formula is C8H16O6. The van der Waals surface area contributed by atoms with Crippen molar-refractivity contribution in [2.75, 3.05) is 41.0 Å². The second kappa shape index (κ2) is 8.89. The van der Waals surface area contributed by atoms with Crippen LogP contribution in [0.3, 0.4) is 0 Å².